The minimum absolute atomic E-state index is 0.393. The lowest BCUT2D eigenvalue weighted by Gasteiger charge is -2.33. The van der Waals surface area contributed by atoms with Gasteiger partial charge in [0.25, 0.3) is 0 Å². The van der Waals surface area contributed by atoms with E-state index in [0.717, 1.165) is 6.54 Å². The van der Waals surface area contributed by atoms with Crippen molar-refractivity contribution in [3.63, 3.8) is 0 Å². The van der Waals surface area contributed by atoms with E-state index in [1.807, 2.05) is 17.2 Å². The SMILES string of the molecule is CN1CCC[C@H]1C1=CC=CN(C(CCN)C(=O)O)C1. The molecule has 0 saturated carbocycles. The van der Waals surface area contributed by atoms with Crippen molar-refractivity contribution >= 4 is 5.97 Å². The van der Waals surface area contributed by atoms with Crippen molar-refractivity contribution in [2.24, 2.45) is 5.73 Å². The van der Waals surface area contributed by atoms with Gasteiger partial charge in [-0.2, -0.15) is 0 Å². The smallest absolute Gasteiger partial charge is 0.326 e. The molecular formula is C14H23N3O2. The summed E-state index contributed by atoms with van der Waals surface area (Å²) in [6.45, 7) is 2.21. The van der Waals surface area contributed by atoms with Crippen LogP contribution in [0.4, 0.5) is 0 Å². The molecule has 0 spiro atoms. The zero-order valence-corrected chi connectivity index (χ0v) is 11.5. The van der Waals surface area contributed by atoms with Gasteiger partial charge >= 0.3 is 5.97 Å². The van der Waals surface area contributed by atoms with Gasteiger partial charge in [0.15, 0.2) is 0 Å². The molecule has 0 aromatic carbocycles. The summed E-state index contributed by atoms with van der Waals surface area (Å²) in [6.07, 6.45) is 8.81. The lowest BCUT2D eigenvalue weighted by Crippen LogP contribution is -2.43. The van der Waals surface area contributed by atoms with Crippen molar-refractivity contribution in [2.75, 3.05) is 26.7 Å². The summed E-state index contributed by atoms with van der Waals surface area (Å²) in [7, 11) is 2.13. The number of hydrogen-bond donors (Lipinski definition) is 2. The largest absolute Gasteiger partial charge is 0.480 e. The summed E-state index contributed by atoms with van der Waals surface area (Å²) in [6, 6.07) is -0.0589. The summed E-state index contributed by atoms with van der Waals surface area (Å²) in [5.41, 5.74) is 6.83. The van der Waals surface area contributed by atoms with Gasteiger partial charge in [-0.15, -0.1) is 0 Å². The predicted octanol–water partition coefficient (Wildman–Crippen LogP) is 0.638. The molecule has 1 saturated heterocycles. The molecule has 106 valence electrons. The molecule has 5 nitrogen and oxygen atoms in total. The summed E-state index contributed by atoms with van der Waals surface area (Å²) in [5, 5.41) is 9.30. The molecule has 0 aromatic rings. The lowest BCUT2D eigenvalue weighted by molar-refractivity contribution is -0.142. The van der Waals surface area contributed by atoms with Gasteiger partial charge in [0, 0.05) is 18.8 Å². The molecule has 3 N–H and O–H groups in total. The fraction of sp³-hybridized carbons (Fsp3) is 0.643. The average molecular weight is 265 g/mol. The van der Waals surface area contributed by atoms with Gasteiger partial charge in [0.05, 0.1) is 0 Å². The third kappa shape index (κ3) is 3.16. The molecule has 0 radical (unpaired) electrons. The van der Waals surface area contributed by atoms with E-state index in [9.17, 15) is 9.90 Å². The molecule has 0 aliphatic carbocycles. The normalized spacial score (nSPS) is 25.5. The van der Waals surface area contributed by atoms with Crippen LogP contribution in [0.2, 0.25) is 0 Å². The molecular weight excluding hydrogens is 242 g/mol. The monoisotopic (exact) mass is 265 g/mol. The molecule has 2 aliphatic heterocycles. The molecule has 2 atom stereocenters. The van der Waals surface area contributed by atoms with Gasteiger partial charge in [-0.05, 0) is 51.0 Å². The Morgan fingerprint density at radius 1 is 1.63 bits per heavy atom. The van der Waals surface area contributed by atoms with Gasteiger partial charge in [0.1, 0.15) is 6.04 Å². The summed E-state index contributed by atoms with van der Waals surface area (Å²) in [5.74, 6) is -0.795. The predicted molar refractivity (Wildman–Crippen MR) is 74.7 cm³/mol. The Hall–Kier alpha value is -1.33. The fourth-order valence-corrected chi connectivity index (χ4v) is 2.99. The third-order valence-corrected chi connectivity index (χ3v) is 4.03. The Kier molecular flexibility index (Phi) is 4.61. The van der Waals surface area contributed by atoms with Crippen molar-refractivity contribution < 1.29 is 9.90 Å². The van der Waals surface area contributed by atoms with Crippen molar-refractivity contribution in [2.45, 2.75) is 31.3 Å². The maximum atomic E-state index is 11.3. The highest BCUT2D eigenvalue weighted by molar-refractivity contribution is 5.73. The highest BCUT2D eigenvalue weighted by Crippen LogP contribution is 2.25. The second-order valence-corrected chi connectivity index (χ2v) is 5.33. The molecule has 0 amide bonds. The first kappa shape index (κ1) is 14.1. The lowest BCUT2D eigenvalue weighted by atomic mass is 10.0. The average Bonchev–Trinajstić information content (AvgIpc) is 2.82. The van der Waals surface area contributed by atoms with E-state index in [0.29, 0.717) is 25.6 Å². The highest BCUT2D eigenvalue weighted by atomic mass is 16.4. The van der Waals surface area contributed by atoms with E-state index in [2.05, 4.69) is 18.0 Å². The summed E-state index contributed by atoms with van der Waals surface area (Å²) >= 11 is 0. The molecule has 1 unspecified atom stereocenters. The molecule has 19 heavy (non-hydrogen) atoms. The molecule has 2 heterocycles. The Morgan fingerprint density at radius 3 is 3.00 bits per heavy atom. The number of hydrogen-bond acceptors (Lipinski definition) is 4. The second kappa shape index (κ2) is 6.21. The number of nitrogens with two attached hydrogens (primary N) is 1. The van der Waals surface area contributed by atoms with Crippen LogP contribution in [0, 0.1) is 0 Å². The van der Waals surface area contributed by atoms with Crippen LogP contribution in [-0.2, 0) is 4.79 Å². The first-order valence-corrected chi connectivity index (χ1v) is 6.89. The Labute approximate surface area is 114 Å². The zero-order valence-electron chi connectivity index (χ0n) is 11.5. The van der Waals surface area contributed by atoms with E-state index in [1.165, 1.54) is 18.4 Å². The number of carbonyl (C=O) groups is 1. The first-order valence-electron chi connectivity index (χ1n) is 6.89. The van der Waals surface area contributed by atoms with Crippen LogP contribution in [-0.4, -0.2) is 59.6 Å². The molecule has 1 fully saturated rings. The van der Waals surface area contributed by atoms with Crippen LogP contribution < -0.4 is 5.73 Å². The Bertz CT molecular complexity index is 392. The Morgan fingerprint density at radius 2 is 2.42 bits per heavy atom. The van der Waals surface area contributed by atoms with Gasteiger partial charge in [-0.1, -0.05) is 6.08 Å². The highest BCUT2D eigenvalue weighted by Gasteiger charge is 2.29. The molecule has 0 bridgehead atoms. The van der Waals surface area contributed by atoms with Gasteiger partial charge in [-0.25, -0.2) is 4.79 Å². The topological polar surface area (TPSA) is 69.8 Å². The van der Waals surface area contributed by atoms with Crippen LogP contribution in [0.15, 0.2) is 23.9 Å². The molecule has 2 rings (SSSR count). The van der Waals surface area contributed by atoms with Crippen LogP contribution in [0.1, 0.15) is 19.3 Å². The maximum Gasteiger partial charge on any atom is 0.326 e. The quantitative estimate of drug-likeness (QED) is 0.763. The van der Waals surface area contributed by atoms with Gasteiger partial charge in [0.2, 0.25) is 0 Å². The number of likely N-dealkylation sites (N-methyl/N-ethyl adjacent to an activating group) is 1. The van der Waals surface area contributed by atoms with E-state index < -0.39 is 12.0 Å². The van der Waals surface area contributed by atoms with Crippen molar-refractivity contribution in [1.82, 2.24) is 9.80 Å². The zero-order chi connectivity index (χ0) is 13.8. The minimum Gasteiger partial charge on any atom is -0.480 e. The van der Waals surface area contributed by atoms with Crippen molar-refractivity contribution in [3.05, 3.63) is 23.9 Å². The number of rotatable bonds is 5. The van der Waals surface area contributed by atoms with Crippen LogP contribution in [0.3, 0.4) is 0 Å². The number of carboxylic acid groups (broad SMARTS) is 1. The number of allylic oxidation sites excluding steroid dienone is 2. The van der Waals surface area contributed by atoms with E-state index >= 15 is 0 Å². The molecule has 5 heteroatoms. The van der Waals surface area contributed by atoms with E-state index in [1.54, 1.807) is 0 Å². The molecule has 2 aliphatic rings. The second-order valence-electron chi connectivity index (χ2n) is 5.33. The van der Waals surface area contributed by atoms with Crippen molar-refractivity contribution in [3.8, 4) is 0 Å². The first-order chi connectivity index (χ1) is 9.13. The van der Waals surface area contributed by atoms with E-state index in [-0.39, 0.29) is 0 Å². The standard InChI is InChI=1S/C14H23N3O2/c1-16-8-3-5-12(16)11-4-2-9-17(10-11)13(6-7-15)14(18)19/h2,4,9,12-13H,3,5-8,10,15H2,1H3,(H,18,19)/t12-,13?/m0/s1. The van der Waals surface area contributed by atoms with Crippen LogP contribution in [0.5, 0.6) is 0 Å². The summed E-state index contributed by atoms with van der Waals surface area (Å²) in [4.78, 5) is 15.6. The van der Waals surface area contributed by atoms with Crippen molar-refractivity contribution in [1.29, 1.82) is 0 Å². The van der Waals surface area contributed by atoms with E-state index in [4.69, 9.17) is 5.73 Å². The van der Waals surface area contributed by atoms with Crippen LogP contribution >= 0.6 is 0 Å². The summed E-state index contributed by atoms with van der Waals surface area (Å²) < 4.78 is 0. The van der Waals surface area contributed by atoms with Gasteiger partial charge < -0.3 is 15.7 Å². The maximum absolute atomic E-state index is 11.3. The minimum atomic E-state index is -0.795. The number of likely N-dealkylation sites (tertiary alicyclic amines) is 1. The fourth-order valence-electron chi connectivity index (χ4n) is 2.99. The third-order valence-electron chi connectivity index (χ3n) is 4.03. The molecule has 0 aromatic heterocycles. The number of nitrogens with zero attached hydrogens (tertiary/aromatic N) is 2. The van der Waals surface area contributed by atoms with Crippen LogP contribution in [0.25, 0.3) is 0 Å². The number of aliphatic carboxylic acids is 1. The number of carboxylic acids is 1. The Balaban J connectivity index is 2.05. The van der Waals surface area contributed by atoms with Gasteiger partial charge in [-0.3, -0.25) is 4.90 Å².